The normalized spacial score (nSPS) is 11.8. The zero-order valence-electron chi connectivity index (χ0n) is 24.5. The molecule has 1 heterocycles. The van der Waals surface area contributed by atoms with Crippen LogP contribution in [0, 0.1) is 5.41 Å². The van der Waals surface area contributed by atoms with E-state index in [4.69, 9.17) is 21.1 Å². The molecule has 3 N–H and O–H groups in total. The first-order chi connectivity index (χ1) is 22.1. The first kappa shape index (κ1) is 28.4. The summed E-state index contributed by atoms with van der Waals surface area (Å²) >= 11 is 1.29. The summed E-state index contributed by atoms with van der Waals surface area (Å²) in [4.78, 5) is 10.1. The fourth-order valence-electron chi connectivity index (χ4n) is 5.43. The molecule has 7 aromatic rings. The van der Waals surface area contributed by atoms with Gasteiger partial charge in [0.05, 0.1) is 16.4 Å². The largest absolute Gasteiger partial charge is 0.314 e. The zero-order valence-corrected chi connectivity index (χ0v) is 25.3. The van der Waals surface area contributed by atoms with Gasteiger partial charge in [-0.2, -0.15) is 0 Å². The number of nitrogens with zero attached hydrogens (tertiary/aromatic N) is 2. The lowest BCUT2D eigenvalue weighted by molar-refractivity contribution is 0.951. The lowest BCUT2D eigenvalue weighted by atomic mass is 10.0. The van der Waals surface area contributed by atoms with Gasteiger partial charge in [0.2, 0.25) is 0 Å². The molecule has 0 aliphatic rings. The molecule has 6 aromatic carbocycles. The fourth-order valence-corrected chi connectivity index (χ4v) is 6.19. The van der Waals surface area contributed by atoms with Crippen LogP contribution in [0.4, 0.5) is 0 Å². The van der Waals surface area contributed by atoms with E-state index < -0.39 is 5.37 Å². The molecule has 0 amide bonds. The highest BCUT2D eigenvalue weighted by Crippen LogP contribution is 2.33. The van der Waals surface area contributed by atoms with Crippen molar-refractivity contribution >= 4 is 27.6 Å². The average molecular weight is 599 g/mol. The molecule has 7 rings (SSSR count). The standard InChI is InChI=1S/C40H30N4S/c41-38(34-22-21-29-15-7-8-16-30(29)24-34)45-39(42)37-26-36(33-19-9-17-31(23-33)27-11-3-1-4-12-27)43-40(44-37)35-20-10-18-32(25-35)28-13-5-2-6-14-28/h1-26,39,41H,42H2. The quantitative estimate of drug-likeness (QED) is 0.109. The second kappa shape index (κ2) is 12.7. The molecule has 5 heteroatoms. The van der Waals surface area contributed by atoms with Crippen LogP contribution in [0.5, 0.6) is 0 Å². The molecular formula is C40H30N4S. The number of rotatable bonds is 7. The molecule has 45 heavy (non-hydrogen) atoms. The molecule has 0 fully saturated rings. The third-order valence-electron chi connectivity index (χ3n) is 7.79. The summed E-state index contributed by atoms with van der Waals surface area (Å²) in [5, 5.41) is 11.0. The van der Waals surface area contributed by atoms with E-state index in [1.54, 1.807) is 0 Å². The van der Waals surface area contributed by atoms with E-state index in [0.717, 1.165) is 55.4 Å². The molecule has 1 unspecified atom stereocenters. The molecule has 0 radical (unpaired) electrons. The van der Waals surface area contributed by atoms with E-state index >= 15 is 0 Å². The molecule has 0 aliphatic carbocycles. The number of thioether (sulfide) groups is 1. The lowest BCUT2D eigenvalue weighted by Gasteiger charge is -2.16. The SMILES string of the molecule is N=C(SC(N)c1cc(-c2cccc(-c3ccccc3)c2)nc(-c2cccc(-c3ccccc3)c2)n1)c1ccc2ccccc2c1. The van der Waals surface area contributed by atoms with Crippen LogP contribution in [-0.4, -0.2) is 15.0 Å². The van der Waals surface area contributed by atoms with Crippen LogP contribution in [0.3, 0.4) is 0 Å². The maximum atomic E-state index is 8.91. The Balaban J connectivity index is 1.28. The number of nitrogens with one attached hydrogen (secondary N) is 1. The predicted octanol–water partition coefficient (Wildman–Crippen LogP) is 10.0. The molecule has 0 saturated heterocycles. The van der Waals surface area contributed by atoms with Crippen LogP contribution in [0.1, 0.15) is 16.6 Å². The van der Waals surface area contributed by atoms with Crippen LogP contribution >= 0.6 is 11.8 Å². The Labute approximate surface area is 267 Å². The summed E-state index contributed by atoms with van der Waals surface area (Å²) in [5.41, 5.74) is 15.4. The number of fused-ring (bicyclic) bond motifs is 1. The van der Waals surface area contributed by atoms with Crippen LogP contribution < -0.4 is 5.73 Å². The molecule has 216 valence electrons. The highest BCUT2D eigenvalue weighted by Gasteiger charge is 2.18. The van der Waals surface area contributed by atoms with E-state index in [-0.39, 0.29) is 0 Å². The molecule has 1 aromatic heterocycles. The number of benzene rings is 6. The first-order valence-electron chi connectivity index (χ1n) is 14.8. The van der Waals surface area contributed by atoms with Crippen molar-refractivity contribution in [3.63, 3.8) is 0 Å². The molecule has 1 atom stereocenters. The minimum Gasteiger partial charge on any atom is -0.314 e. The summed E-state index contributed by atoms with van der Waals surface area (Å²) in [5.74, 6) is 0.596. The molecule has 4 nitrogen and oxygen atoms in total. The summed E-state index contributed by atoms with van der Waals surface area (Å²) in [6, 6.07) is 53.5. The van der Waals surface area contributed by atoms with E-state index in [0.29, 0.717) is 16.6 Å². The smallest absolute Gasteiger partial charge is 0.160 e. The van der Waals surface area contributed by atoms with Gasteiger partial charge in [-0.1, -0.05) is 145 Å². The van der Waals surface area contributed by atoms with Gasteiger partial charge in [0.25, 0.3) is 0 Å². The fraction of sp³-hybridized carbons (Fsp3) is 0.0250. The number of aromatic nitrogens is 2. The predicted molar refractivity (Wildman–Crippen MR) is 189 cm³/mol. The zero-order chi connectivity index (χ0) is 30.6. The van der Waals surface area contributed by atoms with Crippen molar-refractivity contribution in [3.8, 4) is 44.9 Å². The van der Waals surface area contributed by atoms with Crippen molar-refractivity contribution < 1.29 is 0 Å². The second-order valence-electron chi connectivity index (χ2n) is 10.8. The minimum absolute atomic E-state index is 0.395. The topological polar surface area (TPSA) is 75.7 Å². The van der Waals surface area contributed by atoms with Gasteiger partial charge in [-0.05, 0) is 57.3 Å². The Bertz CT molecular complexity index is 2030. The Hall–Kier alpha value is -5.36. The van der Waals surface area contributed by atoms with Gasteiger partial charge in [0.1, 0.15) is 5.37 Å². The van der Waals surface area contributed by atoms with Crippen molar-refractivity contribution in [2.75, 3.05) is 0 Å². The highest BCUT2D eigenvalue weighted by molar-refractivity contribution is 8.14. The Kier molecular flexibility index (Phi) is 8.02. The minimum atomic E-state index is -0.570. The number of hydrogen-bond acceptors (Lipinski definition) is 5. The summed E-state index contributed by atoms with van der Waals surface area (Å²) < 4.78 is 0. The Morgan fingerprint density at radius 2 is 1.07 bits per heavy atom. The third-order valence-corrected chi connectivity index (χ3v) is 8.75. The van der Waals surface area contributed by atoms with Gasteiger partial charge in [-0.25, -0.2) is 9.97 Å². The number of nitrogens with two attached hydrogens (primary N) is 1. The van der Waals surface area contributed by atoms with Crippen molar-refractivity contribution in [1.82, 2.24) is 9.97 Å². The highest BCUT2D eigenvalue weighted by atomic mass is 32.2. The summed E-state index contributed by atoms with van der Waals surface area (Å²) in [7, 11) is 0. The van der Waals surface area contributed by atoms with Gasteiger partial charge in [0, 0.05) is 16.7 Å². The van der Waals surface area contributed by atoms with Crippen molar-refractivity contribution in [2.45, 2.75) is 5.37 Å². The van der Waals surface area contributed by atoms with Crippen LogP contribution in [0.2, 0.25) is 0 Å². The van der Waals surface area contributed by atoms with Gasteiger partial charge in [-0.15, -0.1) is 0 Å². The van der Waals surface area contributed by atoms with Gasteiger partial charge < -0.3 is 5.73 Å². The maximum absolute atomic E-state index is 8.91. The second-order valence-corrected chi connectivity index (χ2v) is 12.0. The average Bonchev–Trinajstić information content (AvgIpc) is 3.12. The van der Waals surface area contributed by atoms with Crippen LogP contribution in [-0.2, 0) is 0 Å². The lowest BCUT2D eigenvalue weighted by Crippen LogP contribution is -2.13. The Morgan fingerprint density at radius 3 is 1.76 bits per heavy atom. The number of hydrogen-bond donors (Lipinski definition) is 2. The van der Waals surface area contributed by atoms with E-state index in [9.17, 15) is 0 Å². The van der Waals surface area contributed by atoms with Crippen molar-refractivity contribution in [2.24, 2.45) is 5.73 Å². The Morgan fingerprint density at radius 1 is 0.511 bits per heavy atom. The van der Waals surface area contributed by atoms with E-state index in [1.807, 2.05) is 84.9 Å². The molecular weight excluding hydrogens is 569 g/mol. The molecule has 0 saturated carbocycles. The maximum Gasteiger partial charge on any atom is 0.160 e. The van der Waals surface area contributed by atoms with Gasteiger partial charge in [0.15, 0.2) is 5.82 Å². The molecule has 0 bridgehead atoms. The van der Waals surface area contributed by atoms with Crippen LogP contribution in [0.25, 0.3) is 55.7 Å². The van der Waals surface area contributed by atoms with E-state index in [2.05, 4.69) is 72.8 Å². The molecule has 0 aliphatic heterocycles. The van der Waals surface area contributed by atoms with Crippen molar-refractivity contribution in [1.29, 1.82) is 5.41 Å². The summed E-state index contributed by atoms with van der Waals surface area (Å²) in [6.45, 7) is 0. The van der Waals surface area contributed by atoms with Crippen molar-refractivity contribution in [3.05, 3.63) is 169 Å². The monoisotopic (exact) mass is 598 g/mol. The molecule has 0 spiro atoms. The van der Waals surface area contributed by atoms with Crippen LogP contribution in [0.15, 0.2) is 158 Å². The third kappa shape index (κ3) is 6.31. The van der Waals surface area contributed by atoms with Gasteiger partial charge >= 0.3 is 0 Å². The van der Waals surface area contributed by atoms with Gasteiger partial charge in [-0.3, -0.25) is 5.41 Å². The summed E-state index contributed by atoms with van der Waals surface area (Å²) in [6.07, 6.45) is 0. The first-order valence-corrected chi connectivity index (χ1v) is 15.7. The van der Waals surface area contributed by atoms with E-state index in [1.165, 1.54) is 11.8 Å².